The van der Waals surface area contributed by atoms with Crippen molar-refractivity contribution in [1.82, 2.24) is 19.3 Å². The number of nitrogens with zero attached hydrogens (tertiary/aromatic N) is 4. The van der Waals surface area contributed by atoms with Gasteiger partial charge in [0, 0.05) is 40.4 Å². The largest absolute Gasteiger partial charge is 0.457 e. The summed E-state index contributed by atoms with van der Waals surface area (Å²) >= 11 is 0. The van der Waals surface area contributed by atoms with Crippen LogP contribution in [0.2, 0.25) is 0 Å². The summed E-state index contributed by atoms with van der Waals surface area (Å²) < 4.78 is 10.8. The van der Waals surface area contributed by atoms with Gasteiger partial charge >= 0.3 is 0 Å². The van der Waals surface area contributed by atoms with Crippen LogP contribution in [-0.2, 0) is 11.8 Å². The predicted octanol–water partition coefficient (Wildman–Crippen LogP) is 10.3. The molecule has 0 spiro atoms. The van der Waals surface area contributed by atoms with Crippen LogP contribution in [-0.4, -0.2) is 19.3 Å². The lowest BCUT2D eigenvalue weighted by atomic mass is 9.85. The first kappa shape index (κ1) is 28.6. The minimum absolute atomic E-state index is 0.0763. The van der Waals surface area contributed by atoms with Gasteiger partial charge in [0.25, 0.3) is 0 Å². The molecule has 7 aromatic rings. The molecule has 0 radical (unpaired) electrons. The fourth-order valence-corrected chi connectivity index (χ4v) is 6.33. The number of hydrogen-bond donors (Lipinski definition) is 0. The topological polar surface area (TPSA) is 44.9 Å². The number of hydrogen-bond acceptors (Lipinski definition) is 3. The Bertz CT molecular complexity index is 2190. The molecule has 7 rings (SSSR count). The Morgan fingerprint density at radius 1 is 0.733 bits per heavy atom. The Labute approximate surface area is 264 Å². The van der Waals surface area contributed by atoms with Gasteiger partial charge in [-0.2, -0.15) is 5.10 Å². The van der Waals surface area contributed by atoms with Gasteiger partial charge in [-0.05, 0) is 84.8 Å². The van der Waals surface area contributed by atoms with Gasteiger partial charge in [-0.1, -0.05) is 76.2 Å². The highest BCUT2D eigenvalue weighted by Crippen LogP contribution is 2.36. The van der Waals surface area contributed by atoms with Gasteiger partial charge in [0.2, 0.25) is 0 Å². The molecule has 4 aromatic carbocycles. The van der Waals surface area contributed by atoms with Crippen molar-refractivity contribution < 1.29 is 4.74 Å². The van der Waals surface area contributed by atoms with Gasteiger partial charge in [-0.25, -0.2) is 9.67 Å². The van der Waals surface area contributed by atoms with Crippen molar-refractivity contribution in [2.75, 3.05) is 0 Å². The first-order valence-electron chi connectivity index (χ1n) is 15.6. The van der Waals surface area contributed by atoms with Crippen molar-refractivity contribution in [3.63, 3.8) is 0 Å². The Balaban J connectivity index is 1.26. The summed E-state index contributed by atoms with van der Waals surface area (Å²) in [5, 5.41) is 7.33. The smallest absolute Gasteiger partial charge is 0.137 e. The summed E-state index contributed by atoms with van der Waals surface area (Å²) in [4.78, 5) is 4.76. The number of aromatic nitrogens is 4. The van der Waals surface area contributed by atoms with Crippen LogP contribution in [0.1, 0.15) is 50.2 Å². The SMILES string of the molecule is CCc1ccnc(-n2c3ccccc3c3ccc(Oc4cccc(-n5nc(C)c(-c6cccc(C(C)(C)C)c6)c5C)c4)cc32)c1. The quantitative estimate of drug-likeness (QED) is 0.194. The van der Waals surface area contributed by atoms with E-state index < -0.39 is 0 Å². The Kier molecular flexibility index (Phi) is 7.04. The molecule has 45 heavy (non-hydrogen) atoms. The first-order valence-corrected chi connectivity index (χ1v) is 15.6. The summed E-state index contributed by atoms with van der Waals surface area (Å²) in [5.74, 6) is 2.43. The van der Waals surface area contributed by atoms with E-state index in [1.807, 2.05) is 29.1 Å². The highest BCUT2D eigenvalue weighted by atomic mass is 16.5. The zero-order valence-electron chi connectivity index (χ0n) is 26.8. The third kappa shape index (κ3) is 5.18. The summed E-state index contributed by atoms with van der Waals surface area (Å²) in [5.41, 5.74) is 10.3. The monoisotopic (exact) mass is 590 g/mol. The first-order chi connectivity index (χ1) is 21.7. The second-order valence-corrected chi connectivity index (χ2v) is 12.8. The summed E-state index contributed by atoms with van der Waals surface area (Å²) in [6.07, 6.45) is 2.85. The Hall–Kier alpha value is -5.16. The van der Waals surface area contributed by atoms with E-state index in [0.717, 1.165) is 51.8 Å². The molecule has 5 heteroatoms. The molecule has 0 bridgehead atoms. The van der Waals surface area contributed by atoms with Crippen LogP contribution in [0.25, 0.3) is 44.4 Å². The van der Waals surface area contributed by atoms with Crippen LogP contribution in [0.3, 0.4) is 0 Å². The maximum absolute atomic E-state index is 6.52. The second kappa shape index (κ2) is 11.1. The standard InChI is InChI=1S/C40H38N4O/c1-7-28-20-21-41-38(22-28)43-36-17-9-8-16-34(36)35-19-18-33(25-37(35)43)45-32-15-11-14-31(24-32)44-27(3)39(26(2)42-44)29-12-10-13-30(23-29)40(4,5)6/h8-25H,7H2,1-6H3. The van der Waals surface area contributed by atoms with Crippen molar-refractivity contribution in [3.8, 4) is 34.1 Å². The van der Waals surface area contributed by atoms with Crippen LogP contribution in [0.15, 0.2) is 109 Å². The molecule has 5 nitrogen and oxygen atoms in total. The maximum Gasteiger partial charge on any atom is 0.137 e. The van der Waals surface area contributed by atoms with Crippen molar-refractivity contribution in [2.24, 2.45) is 0 Å². The number of rotatable bonds is 6. The highest BCUT2D eigenvalue weighted by Gasteiger charge is 2.19. The third-order valence-electron chi connectivity index (χ3n) is 8.70. The lowest BCUT2D eigenvalue weighted by Crippen LogP contribution is -2.10. The van der Waals surface area contributed by atoms with Gasteiger partial charge in [0.05, 0.1) is 22.4 Å². The molecule has 0 saturated heterocycles. The lowest BCUT2D eigenvalue weighted by molar-refractivity contribution is 0.482. The van der Waals surface area contributed by atoms with E-state index in [9.17, 15) is 0 Å². The molecule has 0 aliphatic rings. The fraction of sp³-hybridized carbons (Fsp3) is 0.200. The van der Waals surface area contributed by atoms with Gasteiger partial charge in [0.1, 0.15) is 17.3 Å². The van der Waals surface area contributed by atoms with Crippen LogP contribution in [0.4, 0.5) is 0 Å². The van der Waals surface area contributed by atoms with E-state index in [2.05, 4.69) is 131 Å². The number of para-hydroxylation sites is 1. The maximum atomic E-state index is 6.52. The molecule has 0 N–H and O–H groups in total. The molecule has 0 atom stereocenters. The van der Waals surface area contributed by atoms with Gasteiger partial charge in [-0.3, -0.25) is 4.57 Å². The molecule has 0 fully saturated rings. The molecule has 0 saturated carbocycles. The number of benzene rings is 4. The van der Waals surface area contributed by atoms with E-state index in [1.165, 1.54) is 33.0 Å². The van der Waals surface area contributed by atoms with Crippen LogP contribution in [0, 0.1) is 13.8 Å². The van der Waals surface area contributed by atoms with E-state index in [-0.39, 0.29) is 5.41 Å². The highest BCUT2D eigenvalue weighted by molar-refractivity contribution is 6.09. The Morgan fingerprint density at radius 2 is 1.51 bits per heavy atom. The summed E-state index contributed by atoms with van der Waals surface area (Å²) in [6, 6.07) is 36.0. The summed E-state index contributed by atoms with van der Waals surface area (Å²) in [7, 11) is 0. The average Bonchev–Trinajstić information content (AvgIpc) is 3.53. The number of pyridine rings is 1. The van der Waals surface area contributed by atoms with Crippen molar-refractivity contribution >= 4 is 21.8 Å². The van der Waals surface area contributed by atoms with Crippen molar-refractivity contribution in [3.05, 3.63) is 132 Å². The molecule has 0 unspecified atom stereocenters. The molecule has 0 amide bonds. The van der Waals surface area contributed by atoms with Gasteiger partial charge in [0.15, 0.2) is 0 Å². The third-order valence-corrected chi connectivity index (χ3v) is 8.70. The predicted molar refractivity (Wildman–Crippen MR) is 185 cm³/mol. The minimum Gasteiger partial charge on any atom is -0.457 e. The molecule has 3 heterocycles. The molecule has 0 aliphatic heterocycles. The normalized spacial score (nSPS) is 11.9. The molecule has 3 aromatic heterocycles. The van der Waals surface area contributed by atoms with Gasteiger partial charge in [-0.15, -0.1) is 0 Å². The molecule has 224 valence electrons. The number of ether oxygens (including phenoxy) is 1. The minimum atomic E-state index is 0.0763. The van der Waals surface area contributed by atoms with Gasteiger partial charge < -0.3 is 4.74 Å². The zero-order valence-corrected chi connectivity index (χ0v) is 26.8. The van der Waals surface area contributed by atoms with E-state index in [4.69, 9.17) is 14.8 Å². The molecular weight excluding hydrogens is 552 g/mol. The average molecular weight is 591 g/mol. The number of fused-ring (bicyclic) bond motifs is 3. The van der Waals surface area contributed by atoms with Crippen LogP contribution < -0.4 is 4.74 Å². The molecule has 0 aliphatic carbocycles. The van der Waals surface area contributed by atoms with E-state index >= 15 is 0 Å². The van der Waals surface area contributed by atoms with Crippen LogP contribution in [0.5, 0.6) is 11.5 Å². The van der Waals surface area contributed by atoms with Crippen LogP contribution >= 0.6 is 0 Å². The fourth-order valence-electron chi connectivity index (χ4n) is 6.33. The van der Waals surface area contributed by atoms with E-state index in [1.54, 1.807) is 0 Å². The second-order valence-electron chi connectivity index (χ2n) is 12.8. The Morgan fingerprint density at radius 3 is 2.33 bits per heavy atom. The van der Waals surface area contributed by atoms with E-state index in [0.29, 0.717) is 0 Å². The summed E-state index contributed by atoms with van der Waals surface area (Å²) in [6.45, 7) is 13.1. The lowest BCUT2D eigenvalue weighted by Gasteiger charge is -2.20. The number of aryl methyl sites for hydroxylation is 2. The van der Waals surface area contributed by atoms with Crippen molar-refractivity contribution in [2.45, 2.75) is 53.4 Å². The van der Waals surface area contributed by atoms with Crippen molar-refractivity contribution in [1.29, 1.82) is 0 Å². The molecular formula is C40H38N4O. The zero-order chi connectivity index (χ0) is 31.3.